The lowest BCUT2D eigenvalue weighted by Crippen LogP contribution is -2.21. The monoisotopic (exact) mass is 758 g/mol. The van der Waals surface area contributed by atoms with Gasteiger partial charge < -0.3 is 23.9 Å². The van der Waals surface area contributed by atoms with Crippen LogP contribution in [0.25, 0.3) is 33.5 Å². The summed E-state index contributed by atoms with van der Waals surface area (Å²) in [7, 11) is 1.58. The number of carbonyl (C=O) groups is 1. The molecule has 2 heterocycles. The van der Waals surface area contributed by atoms with Crippen LogP contribution in [-0.4, -0.2) is 42.1 Å². The fourth-order valence-corrected chi connectivity index (χ4v) is 5.84. The zero-order valence-electron chi connectivity index (χ0n) is 25.5. The molecule has 2 aromatic heterocycles. The Balaban J connectivity index is 1.37. The van der Waals surface area contributed by atoms with Crippen LogP contribution in [0.5, 0.6) is 17.2 Å². The van der Waals surface area contributed by atoms with Crippen molar-refractivity contribution in [2.45, 2.75) is 13.8 Å². The largest absolute Gasteiger partial charge is 0.496 e. The molecule has 1 amide bonds. The van der Waals surface area contributed by atoms with Crippen molar-refractivity contribution in [3.05, 3.63) is 109 Å². The number of nitrogens with zero attached hydrogens (tertiary/aromatic N) is 3. The summed E-state index contributed by atoms with van der Waals surface area (Å²) >= 11 is 7.19. The second-order valence-corrected chi connectivity index (χ2v) is 11.9. The van der Waals surface area contributed by atoms with Gasteiger partial charge in [0.15, 0.2) is 23.9 Å². The number of aromatic nitrogens is 2. The molecule has 0 aliphatic heterocycles. The minimum atomic E-state index is -0.381. The van der Waals surface area contributed by atoms with Crippen molar-refractivity contribution < 1.29 is 23.4 Å². The van der Waals surface area contributed by atoms with Gasteiger partial charge in [-0.1, -0.05) is 35.9 Å². The zero-order chi connectivity index (χ0) is 33.1. The van der Waals surface area contributed by atoms with Gasteiger partial charge in [-0.3, -0.25) is 9.59 Å². The summed E-state index contributed by atoms with van der Waals surface area (Å²) in [5, 5.41) is 8.54. The fraction of sp³-hybridized carbons (Fsp3) is 0.143. The van der Waals surface area contributed by atoms with Crippen LogP contribution in [-0.2, 0) is 4.79 Å². The van der Waals surface area contributed by atoms with E-state index in [0.29, 0.717) is 66.3 Å². The lowest BCUT2D eigenvalue weighted by molar-refractivity contribution is -0.118. The fourth-order valence-electron chi connectivity index (χ4n) is 4.90. The molecule has 0 unspecified atom stereocenters. The van der Waals surface area contributed by atoms with Crippen LogP contribution in [0.1, 0.15) is 18.1 Å². The number of furan rings is 1. The molecule has 6 rings (SSSR count). The number of ether oxygens (including phenoxy) is 3. The van der Waals surface area contributed by atoms with Gasteiger partial charge in [-0.25, -0.2) is 4.98 Å². The third-order valence-corrected chi connectivity index (χ3v) is 9.31. The maximum absolute atomic E-state index is 13.8. The predicted octanol–water partition coefficient (Wildman–Crippen LogP) is 7.95. The lowest BCUT2D eigenvalue weighted by Gasteiger charge is -2.16. The Bertz CT molecular complexity index is 2210. The maximum atomic E-state index is 13.8. The second kappa shape index (κ2) is 13.8. The Kier molecular flexibility index (Phi) is 9.41. The number of halogens is 2. The molecule has 238 valence electrons. The van der Waals surface area contributed by atoms with Crippen LogP contribution in [0.2, 0.25) is 0 Å². The van der Waals surface area contributed by atoms with Crippen molar-refractivity contribution in [1.29, 1.82) is 0 Å². The Morgan fingerprint density at radius 1 is 0.979 bits per heavy atom. The highest BCUT2D eigenvalue weighted by Gasteiger charge is 2.20. The molecule has 12 heteroatoms. The smallest absolute Gasteiger partial charge is 0.282 e. The topological polar surface area (TPSA) is 117 Å². The number of fused-ring (bicyclic) bond motifs is 2. The summed E-state index contributed by atoms with van der Waals surface area (Å²) in [4.78, 5) is 31.2. The molecule has 0 aliphatic carbocycles. The van der Waals surface area contributed by atoms with E-state index >= 15 is 0 Å². The molecule has 0 atom stereocenters. The number of hydrogen-bond donors (Lipinski definition) is 1. The number of benzene rings is 4. The van der Waals surface area contributed by atoms with E-state index in [1.807, 2.05) is 62.4 Å². The van der Waals surface area contributed by atoms with Crippen molar-refractivity contribution >= 4 is 71.5 Å². The number of anilines is 1. The molecule has 1 N–H and O–H groups in total. The molecule has 0 aliphatic rings. The number of aryl methyl sites for hydroxylation is 1. The number of rotatable bonds is 10. The minimum Gasteiger partial charge on any atom is -0.496 e. The summed E-state index contributed by atoms with van der Waals surface area (Å²) in [5.74, 6) is 1.55. The molecule has 47 heavy (non-hydrogen) atoms. The minimum absolute atomic E-state index is 0.211. The molecule has 0 bridgehead atoms. The standard InChI is InChI=1S/C35H28Br2N4O6/c1-4-45-28-16-21(31(36)32(37)33(28)46-19-30(42)39-22-14-12-20(2)13-15-22)18-38-41-34(40-25-9-6-5-8-23(25)35(41)43)29-17-24-26(44-3)10-7-11-27(24)47-29/h5-18H,4,19H2,1-3H3,(H,39,42). The first-order valence-electron chi connectivity index (χ1n) is 14.5. The normalized spacial score (nSPS) is 11.3. The number of hydrogen-bond acceptors (Lipinski definition) is 8. The molecular formula is C35H28Br2N4O6. The van der Waals surface area contributed by atoms with Crippen molar-refractivity contribution in [1.82, 2.24) is 9.66 Å². The van der Waals surface area contributed by atoms with Crippen LogP contribution < -0.4 is 25.1 Å². The van der Waals surface area contributed by atoms with E-state index < -0.39 is 0 Å². The summed E-state index contributed by atoms with van der Waals surface area (Å²) < 4.78 is 25.7. The first-order chi connectivity index (χ1) is 22.8. The molecular weight excluding hydrogens is 732 g/mol. The van der Waals surface area contributed by atoms with Crippen molar-refractivity contribution in [2.24, 2.45) is 5.10 Å². The quantitative estimate of drug-likeness (QED) is 0.141. The van der Waals surface area contributed by atoms with E-state index in [0.717, 1.165) is 10.9 Å². The van der Waals surface area contributed by atoms with Gasteiger partial charge in [0.1, 0.15) is 11.3 Å². The van der Waals surface area contributed by atoms with E-state index in [1.165, 1.54) is 10.9 Å². The van der Waals surface area contributed by atoms with Gasteiger partial charge in [0.2, 0.25) is 5.82 Å². The Morgan fingerprint density at radius 2 is 1.77 bits per heavy atom. The molecule has 0 fully saturated rings. The van der Waals surface area contributed by atoms with Crippen LogP contribution in [0.15, 0.2) is 102 Å². The highest BCUT2D eigenvalue weighted by molar-refractivity contribution is 9.13. The number of carbonyl (C=O) groups excluding carboxylic acids is 1. The average Bonchev–Trinajstić information content (AvgIpc) is 3.52. The van der Waals surface area contributed by atoms with Crippen LogP contribution in [0, 0.1) is 6.92 Å². The van der Waals surface area contributed by atoms with Crippen LogP contribution >= 0.6 is 31.9 Å². The number of nitrogens with one attached hydrogen (secondary N) is 1. The molecule has 0 saturated heterocycles. The highest BCUT2D eigenvalue weighted by atomic mass is 79.9. The first kappa shape index (κ1) is 32.0. The molecule has 0 spiro atoms. The predicted molar refractivity (Wildman–Crippen MR) is 189 cm³/mol. The van der Waals surface area contributed by atoms with E-state index in [9.17, 15) is 9.59 Å². The summed E-state index contributed by atoms with van der Waals surface area (Å²) in [6.45, 7) is 3.90. The third-order valence-electron chi connectivity index (χ3n) is 7.17. The summed E-state index contributed by atoms with van der Waals surface area (Å²) in [6, 6.07) is 23.5. The maximum Gasteiger partial charge on any atom is 0.282 e. The molecule has 4 aromatic carbocycles. The van der Waals surface area contributed by atoms with Crippen molar-refractivity contribution in [3.63, 3.8) is 0 Å². The third kappa shape index (κ3) is 6.65. The van der Waals surface area contributed by atoms with Gasteiger partial charge in [0, 0.05) is 15.7 Å². The average molecular weight is 760 g/mol. The Labute approximate surface area is 286 Å². The van der Waals surface area contributed by atoms with Gasteiger partial charge in [0.05, 0.1) is 40.7 Å². The van der Waals surface area contributed by atoms with Gasteiger partial charge in [-0.15, -0.1) is 0 Å². The molecule has 10 nitrogen and oxygen atoms in total. The Hall–Kier alpha value is -4.94. The van der Waals surface area contributed by atoms with Gasteiger partial charge >= 0.3 is 0 Å². The van der Waals surface area contributed by atoms with Gasteiger partial charge in [-0.05, 0) is 94.2 Å². The van der Waals surface area contributed by atoms with E-state index in [2.05, 4.69) is 42.3 Å². The van der Waals surface area contributed by atoms with Crippen molar-refractivity contribution in [3.8, 4) is 28.8 Å². The van der Waals surface area contributed by atoms with Gasteiger partial charge in [-0.2, -0.15) is 9.78 Å². The molecule has 0 radical (unpaired) electrons. The number of methoxy groups -OCH3 is 1. The zero-order valence-corrected chi connectivity index (χ0v) is 28.7. The second-order valence-electron chi connectivity index (χ2n) is 10.4. The number of para-hydroxylation sites is 1. The molecule has 0 saturated carbocycles. The van der Waals surface area contributed by atoms with E-state index in [4.69, 9.17) is 23.6 Å². The Morgan fingerprint density at radius 3 is 2.53 bits per heavy atom. The molecule has 6 aromatic rings. The van der Waals surface area contributed by atoms with E-state index in [-0.39, 0.29) is 23.9 Å². The lowest BCUT2D eigenvalue weighted by atomic mass is 10.2. The first-order valence-corrected chi connectivity index (χ1v) is 16.1. The summed E-state index contributed by atoms with van der Waals surface area (Å²) in [5.41, 5.74) is 3.02. The SMILES string of the molecule is CCOc1cc(C=Nn2c(-c3cc4c(OC)cccc4o3)nc3ccccc3c2=O)c(Br)c(Br)c1OCC(=O)Nc1ccc(C)cc1. The number of amides is 1. The van der Waals surface area contributed by atoms with Crippen LogP contribution in [0.4, 0.5) is 5.69 Å². The summed E-state index contributed by atoms with van der Waals surface area (Å²) in [6.07, 6.45) is 1.51. The van der Waals surface area contributed by atoms with Crippen LogP contribution in [0.3, 0.4) is 0 Å². The highest BCUT2D eigenvalue weighted by Crippen LogP contribution is 2.42. The van der Waals surface area contributed by atoms with Gasteiger partial charge in [0.25, 0.3) is 11.5 Å². The van der Waals surface area contributed by atoms with Crippen molar-refractivity contribution in [2.75, 3.05) is 25.6 Å². The van der Waals surface area contributed by atoms with E-state index in [1.54, 1.807) is 37.4 Å².